The van der Waals surface area contributed by atoms with Crippen LogP contribution < -0.4 is 0 Å². The van der Waals surface area contributed by atoms with E-state index in [-0.39, 0.29) is 30.7 Å². The van der Waals surface area contributed by atoms with Gasteiger partial charge in [0.25, 0.3) is 0 Å². The molecule has 0 saturated carbocycles. The molecule has 3 rings (SSSR count). The fraction of sp³-hybridized carbons (Fsp3) is 0.353. The molecule has 0 fully saturated rings. The molecule has 5 nitrogen and oxygen atoms in total. The standard InChI is InChI=1S/C17H18FN3O2S/c1-10(13-6-4-5-7-14(13)18)8-16(22)23-9-15-11(2)19-17-21(15)20-12(3)24-17/h4-7,10H,8-9H2,1-3H3. The Morgan fingerprint density at radius 3 is 2.88 bits per heavy atom. The molecule has 0 spiro atoms. The van der Waals surface area contributed by atoms with Crippen LogP contribution in [0.15, 0.2) is 24.3 Å². The van der Waals surface area contributed by atoms with Gasteiger partial charge in [0.1, 0.15) is 23.1 Å². The number of esters is 1. The van der Waals surface area contributed by atoms with Crippen molar-refractivity contribution < 1.29 is 13.9 Å². The lowest BCUT2D eigenvalue weighted by atomic mass is 9.97. The van der Waals surface area contributed by atoms with Gasteiger partial charge in [-0.1, -0.05) is 36.5 Å². The quantitative estimate of drug-likeness (QED) is 0.659. The van der Waals surface area contributed by atoms with Crippen molar-refractivity contribution in [2.45, 2.75) is 39.7 Å². The van der Waals surface area contributed by atoms with Crippen molar-refractivity contribution in [3.63, 3.8) is 0 Å². The van der Waals surface area contributed by atoms with Crippen LogP contribution in [0.4, 0.5) is 4.39 Å². The molecule has 24 heavy (non-hydrogen) atoms. The largest absolute Gasteiger partial charge is 0.459 e. The number of aryl methyl sites for hydroxylation is 2. The average Bonchev–Trinajstić information content (AvgIpc) is 3.00. The number of hydrogen-bond donors (Lipinski definition) is 0. The molecule has 3 aromatic rings. The minimum absolute atomic E-state index is 0.110. The summed E-state index contributed by atoms with van der Waals surface area (Å²) in [6.45, 7) is 5.69. The molecule has 126 valence electrons. The van der Waals surface area contributed by atoms with Crippen molar-refractivity contribution in [1.82, 2.24) is 14.6 Å². The first-order chi connectivity index (χ1) is 11.5. The van der Waals surface area contributed by atoms with E-state index in [1.54, 1.807) is 22.7 Å². The maximum absolute atomic E-state index is 13.8. The highest BCUT2D eigenvalue weighted by molar-refractivity contribution is 7.16. The van der Waals surface area contributed by atoms with Crippen molar-refractivity contribution >= 4 is 22.3 Å². The molecule has 2 aromatic heterocycles. The first kappa shape index (κ1) is 16.6. The van der Waals surface area contributed by atoms with E-state index in [1.807, 2.05) is 20.8 Å². The van der Waals surface area contributed by atoms with Gasteiger partial charge in [-0.25, -0.2) is 13.9 Å². The van der Waals surface area contributed by atoms with Crippen molar-refractivity contribution in [1.29, 1.82) is 0 Å². The van der Waals surface area contributed by atoms with Crippen LogP contribution in [0, 0.1) is 19.7 Å². The molecule has 0 amide bonds. The van der Waals surface area contributed by atoms with E-state index in [0.29, 0.717) is 5.56 Å². The zero-order chi connectivity index (χ0) is 17.3. The third-order valence-electron chi connectivity index (χ3n) is 3.88. The van der Waals surface area contributed by atoms with Gasteiger partial charge in [-0.3, -0.25) is 4.79 Å². The van der Waals surface area contributed by atoms with E-state index in [1.165, 1.54) is 17.4 Å². The lowest BCUT2D eigenvalue weighted by Gasteiger charge is -2.12. The third kappa shape index (κ3) is 3.31. The summed E-state index contributed by atoms with van der Waals surface area (Å²) in [5.41, 5.74) is 2.08. The van der Waals surface area contributed by atoms with Crippen molar-refractivity contribution in [2.24, 2.45) is 0 Å². The molecular weight excluding hydrogens is 329 g/mol. The number of hydrogen-bond acceptors (Lipinski definition) is 5. The van der Waals surface area contributed by atoms with Gasteiger partial charge >= 0.3 is 5.97 Å². The van der Waals surface area contributed by atoms with Crippen molar-refractivity contribution in [3.05, 3.63) is 52.0 Å². The maximum Gasteiger partial charge on any atom is 0.306 e. The van der Waals surface area contributed by atoms with Crippen molar-refractivity contribution in [3.8, 4) is 0 Å². The SMILES string of the molecule is Cc1nn2c(COC(=O)CC(C)c3ccccc3F)c(C)nc2s1. The third-order valence-corrected chi connectivity index (χ3v) is 4.70. The Bertz CT molecular complexity index is 887. The second-order valence-corrected chi connectivity index (χ2v) is 6.91. The molecule has 0 aliphatic heterocycles. The van der Waals surface area contributed by atoms with Gasteiger partial charge in [-0.05, 0) is 31.4 Å². The second-order valence-electron chi connectivity index (χ2n) is 5.75. The predicted octanol–water partition coefficient (Wildman–Crippen LogP) is 3.78. The minimum Gasteiger partial charge on any atom is -0.459 e. The topological polar surface area (TPSA) is 56.5 Å². The van der Waals surface area contributed by atoms with Crippen LogP contribution in [0.1, 0.15) is 41.2 Å². The summed E-state index contributed by atoms with van der Waals surface area (Å²) < 4.78 is 20.8. The van der Waals surface area contributed by atoms with Gasteiger partial charge in [0, 0.05) is 0 Å². The van der Waals surface area contributed by atoms with E-state index in [0.717, 1.165) is 21.4 Å². The fourth-order valence-corrected chi connectivity index (χ4v) is 3.40. The lowest BCUT2D eigenvalue weighted by Crippen LogP contribution is -2.11. The Morgan fingerprint density at radius 1 is 1.38 bits per heavy atom. The van der Waals surface area contributed by atoms with E-state index < -0.39 is 0 Å². The maximum atomic E-state index is 13.8. The van der Waals surface area contributed by atoms with Crippen LogP contribution >= 0.6 is 11.3 Å². The highest BCUT2D eigenvalue weighted by atomic mass is 32.1. The van der Waals surface area contributed by atoms with E-state index >= 15 is 0 Å². The number of benzene rings is 1. The summed E-state index contributed by atoms with van der Waals surface area (Å²) in [4.78, 5) is 17.3. The van der Waals surface area contributed by atoms with E-state index in [2.05, 4.69) is 10.1 Å². The number of fused-ring (bicyclic) bond motifs is 1. The van der Waals surface area contributed by atoms with E-state index in [4.69, 9.17) is 4.74 Å². The summed E-state index contributed by atoms with van der Waals surface area (Å²) in [5.74, 6) is -0.914. The number of rotatable bonds is 5. The van der Waals surface area contributed by atoms with Crippen LogP contribution in [-0.4, -0.2) is 20.6 Å². The average molecular weight is 347 g/mol. The number of nitrogens with zero attached hydrogens (tertiary/aromatic N) is 3. The monoisotopic (exact) mass is 347 g/mol. The zero-order valence-electron chi connectivity index (χ0n) is 13.7. The van der Waals surface area contributed by atoms with Gasteiger partial charge in [-0.15, -0.1) is 0 Å². The van der Waals surface area contributed by atoms with Gasteiger partial charge in [0.05, 0.1) is 12.1 Å². The molecular formula is C17H18FN3O2S. The van der Waals surface area contributed by atoms with Crippen LogP contribution in [0.2, 0.25) is 0 Å². The van der Waals surface area contributed by atoms with Crippen molar-refractivity contribution in [2.75, 3.05) is 0 Å². The first-order valence-corrected chi connectivity index (χ1v) is 8.49. The Kier molecular flexibility index (Phi) is 4.62. The van der Waals surface area contributed by atoms with Gasteiger partial charge in [-0.2, -0.15) is 5.10 Å². The highest BCUT2D eigenvalue weighted by Crippen LogP contribution is 2.23. The summed E-state index contributed by atoms with van der Waals surface area (Å²) >= 11 is 1.49. The van der Waals surface area contributed by atoms with Crippen LogP contribution in [-0.2, 0) is 16.1 Å². The normalized spacial score (nSPS) is 12.5. The number of imidazole rings is 1. The molecule has 0 saturated heterocycles. The smallest absolute Gasteiger partial charge is 0.306 e. The molecule has 0 aliphatic carbocycles. The molecule has 7 heteroatoms. The van der Waals surface area contributed by atoms with Gasteiger partial charge in [0.2, 0.25) is 4.96 Å². The van der Waals surface area contributed by atoms with Gasteiger partial charge < -0.3 is 4.74 Å². The molecule has 0 aliphatic rings. The molecule has 0 bridgehead atoms. The summed E-state index contributed by atoms with van der Waals surface area (Å²) in [6, 6.07) is 6.48. The molecule has 1 unspecified atom stereocenters. The number of aromatic nitrogens is 3. The number of halogens is 1. The second kappa shape index (κ2) is 6.68. The molecule has 1 atom stereocenters. The number of carbonyl (C=O) groups is 1. The first-order valence-electron chi connectivity index (χ1n) is 7.67. The Morgan fingerprint density at radius 2 is 2.12 bits per heavy atom. The van der Waals surface area contributed by atoms with Crippen LogP contribution in [0.5, 0.6) is 0 Å². The number of ether oxygens (including phenoxy) is 1. The molecule has 0 N–H and O–H groups in total. The number of carbonyl (C=O) groups excluding carboxylic acids is 1. The molecule has 1 aromatic carbocycles. The highest BCUT2D eigenvalue weighted by Gasteiger charge is 2.18. The molecule has 2 heterocycles. The summed E-state index contributed by atoms with van der Waals surface area (Å²) in [7, 11) is 0. The van der Waals surface area contributed by atoms with Crippen LogP contribution in [0.3, 0.4) is 0 Å². The van der Waals surface area contributed by atoms with E-state index in [9.17, 15) is 9.18 Å². The van der Waals surface area contributed by atoms with Crippen LogP contribution in [0.25, 0.3) is 4.96 Å². The Hall–Kier alpha value is -2.28. The zero-order valence-corrected chi connectivity index (χ0v) is 14.6. The fourth-order valence-electron chi connectivity index (χ4n) is 2.59. The minimum atomic E-state index is -0.368. The lowest BCUT2D eigenvalue weighted by molar-refractivity contribution is -0.145. The predicted molar refractivity (Wildman–Crippen MR) is 89.6 cm³/mol. The Balaban J connectivity index is 1.65. The summed E-state index contributed by atoms with van der Waals surface area (Å²) in [6.07, 6.45) is 0.123. The summed E-state index contributed by atoms with van der Waals surface area (Å²) in [5, 5.41) is 5.26. The van der Waals surface area contributed by atoms with Gasteiger partial charge in [0.15, 0.2) is 0 Å². The Labute approximate surface area is 143 Å². The molecule has 0 radical (unpaired) electrons.